The molecule has 0 spiro atoms. The molecule has 0 saturated carbocycles. The third kappa shape index (κ3) is 4.15. The zero-order valence-corrected chi connectivity index (χ0v) is 15.2. The molecular weight excluding hydrogens is 396 g/mol. The Balaban J connectivity index is 2.02. The monoisotopic (exact) mass is 407 g/mol. The number of carbonyl (C=O) groups is 1. The van der Waals surface area contributed by atoms with Crippen LogP contribution in [0.2, 0.25) is 5.02 Å². The van der Waals surface area contributed by atoms with Crippen LogP contribution >= 0.6 is 11.6 Å². The van der Waals surface area contributed by atoms with E-state index in [4.69, 9.17) is 11.6 Å². The van der Waals surface area contributed by atoms with Gasteiger partial charge >= 0.3 is 0 Å². The van der Waals surface area contributed by atoms with Crippen molar-refractivity contribution >= 4 is 33.1 Å². The van der Waals surface area contributed by atoms with Crippen LogP contribution in [0.15, 0.2) is 71.6 Å². The minimum absolute atomic E-state index is 0.0664. The second-order valence-electron chi connectivity index (χ2n) is 5.57. The summed E-state index contributed by atoms with van der Waals surface area (Å²) in [7, 11) is -4.28. The van der Waals surface area contributed by atoms with Crippen molar-refractivity contribution in [2.75, 3.05) is 4.72 Å². The SMILES string of the molecule is O=C(c1ccccc1)c1ccc(Cl)cc1NS(=O)(=O)c1ccc(F)c(F)c1. The second-order valence-corrected chi connectivity index (χ2v) is 7.69. The van der Waals surface area contributed by atoms with E-state index in [0.29, 0.717) is 17.7 Å². The molecule has 3 rings (SSSR count). The first kappa shape index (κ1) is 19.0. The molecule has 8 heteroatoms. The van der Waals surface area contributed by atoms with Crippen molar-refractivity contribution in [1.29, 1.82) is 0 Å². The molecule has 0 unspecified atom stereocenters. The van der Waals surface area contributed by atoms with Crippen LogP contribution in [0, 0.1) is 11.6 Å². The van der Waals surface area contributed by atoms with E-state index < -0.39 is 32.3 Å². The molecular formula is C19H12ClF2NO3S. The Hall–Kier alpha value is -2.77. The number of anilines is 1. The molecule has 0 bridgehead atoms. The first-order chi connectivity index (χ1) is 12.8. The van der Waals surface area contributed by atoms with Gasteiger partial charge in [0.05, 0.1) is 10.6 Å². The van der Waals surface area contributed by atoms with Crippen molar-refractivity contribution in [3.05, 3.63) is 94.5 Å². The molecule has 3 aromatic rings. The predicted octanol–water partition coefficient (Wildman–Crippen LogP) is 4.65. The third-order valence-corrected chi connectivity index (χ3v) is 5.31. The van der Waals surface area contributed by atoms with Crippen LogP contribution in [0.4, 0.5) is 14.5 Å². The lowest BCUT2D eigenvalue weighted by atomic mass is 10.0. The van der Waals surface area contributed by atoms with Gasteiger partial charge in [0.2, 0.25) is 0 Å². The smallest absolute Gasteiger partial charge is 0.262 e. The van der Waals surface area contributed by atoms with Crippen LogP contribution in [0.5, 0.6) is 0 Å². The lowest BCUT2D eigenvalue weighted by molar-refractivity contribution is 0.103. The quantitative estimate of drug-likeness (QED) is 0.626. The Bertz CT molecular complexity index is 1120. The van der Waals surface area contributed by atoms with E-state index in [1.165, 1.54) is 18.2 Å². The maximum absolute atomic E-state index is 13.4. The van der Waals surface area contributed by atoms with E-state index in [1.807, 2.05) is 0 Å². The normalized spacial score (nSPS) is 11.2. The number of nitrogens with one attached hydrogen (secondary N) is 1. The molecule has 138 valence electrons. The Kier molecular flexibility index (Phi) is 5.25. The summed E-state index contributed by atoms with van der Waals surface area (Å²) in [6.45, 7) is 0. The summed E-state index contributed by atoms with van der Waals surface area (Å²) in [5.74, 6) is -2.89. The summed E-state index contributed by atoms with van der Waals surface area (Å²) in [5.41, 5.74) is 0.353. The van der Waals surface area contributed by atoms with Gasteiger partial charge < -0.3 is 0 Å². The number of sulfonamides is 1. The van der Waals surface area contributed by atoms with Gasteiger partial charge in [-0.05, 0) is 36.4 Å². The van der Waals surface area contributed by atoms with Gasteiger partial charge in [0.25, 0.3) is 10.0 Å². The molecule has 27 heavy (non-hydrogen) atoms. The van der Waals surface area contributed by atoms with Crippen molar-refractivity contribution in [1.82, 2.24) is 0 Å². The van der Waals surface area contributed by atoms with Crippen LogP contribution in [0.1, 0.15) is 15.9 Å². The third-order valence-electron chi connectivity index (χ3n) is 3.71. The molecule has 0 aliphatic heterocycles. The van der Waals surface area contributed by atoms with E-state index in [-0.39, 0.29) is 16.3 Å². The molecule has 0 aromatic heterocycles. The molecule has 0 aliphatic rings. The van der Waals surface area contributed by atoms with E-state index in [0.717, 1.165) is 6.07 Å². The van der Waals surface area contributed by atoms with Crippen LogP contribution in [0.3, 0.4) is 0 Å². The van der Waals surface area contributed by atoms with Gasteiger partial charge in [-0.15, -0.1) is 0 Å². The lowest BCUT2D eigenvalue weighted by Crippen LogP contribution is -2.16. The van der Waals surface area contributed by atoms with Crippen LogP contribution in [-0.2, 0) is 10.0 Å². The molecule has 0 amide bonds. The first-order valence-corrected chi connectivity index (χ1v) is 9.51. The predicted molar refractivity (Wildman–Crippen MR) is 98.5 cm³/mol. The average Bonchev–Trinajstić information content (AvgIpc) is 2.64. The molecule has 0 saturated heterocycles. The zero-order chi connectivity index (χ0) is 19.6. The standard InChI is InChI=1S/C19H12ClF2NO3S/c20-13-6-8-15(19(24)12-4-2-1-3-5-12)18(10-13)23-27(25,26)14-7-9-16(21)17(22)11-14/h1-11,23H. The Morgan fingerprint density at radius 2 is 1.59 bits per heavy atom. The van der Waals surface area contributed by atoms with Gasteiger partial charge in [0.1, 0.15) is 0 Å². The van der Waals surface area contributed by atoms with Crippen molar-refractivity contribution in [3.8, 4) is 0 Å². The first-order valence-electron chi connectivity index (χ1n) is 7.65. The molecule has 4 nitrogen and oxygen atoms in total. The number of hydrogen-bond acceptors (Lipinski definition) is 3. The van der Waals surface area contributed by atoms with Gasteiger partial charge in [0.15, 0.2) is 17.4 Å². The highest BCUT2D eigenvalue weighted by Crippen LogP contribution is 2.26. The fraction of sp³-hybridized carbons (Fsp3) is 0. The number of rotatable bonds is 5. The minimum Gasteiger partial charge on any atom is -0.289 e. The number of ketones is 1. The second kappa shape index (κ2) is 7.46. The topological polar surface area (TPSA) is 63.2 Å². The molecule has 0 aliphatic carbocycles. The molecule has 1 N–H and O–H groups in total. The number of carbonyl (C=O) groups excluding carboxylic acids is 1. The summed E-state index contributed by atoms with van der Waals surface area (Å²) in [4.78, 5) is 12.2. The van der Waals surface area contributed by atoms with Gasteiger partial charge in [-0.3, -0.25) is 9.52 Å². The van der Waals surface area contributed by atoms with Gasteiger partial charge in [-0.1, -0.05) is 41.9 Å². The van der Waals surface area contributed by atoms with E-state index >= 15 is 0 Å². The molecule has 3 aromatic carbocycles. The zero-order valence-electron chi connectivity index (χ0n) is 13.6. The van der Waals surface area contributed by atoms with Crippen molar-refractivity contribution in [2.45, 2.75) is 4.90 Å². The van der Waals surface area contributed by atoms with Gasteiger partial charge in [-0.25, -0.2) is 17.2 Å². The van der Waals surface area contributed by atoms with Crippen molar-refractivity contribution in [3.63, 3.8) is 0 Å². The summed E-state index contributed by atoms with van der Waals surface area (Å²) in [6, 6.07) is 14.6. The van der Waals surface area contributed by atoms with Crippen LogP contribution in [0.25, 0.3) is 0 Å². The van der Waals surface area contributed by atoms with Gasteiger partial charge in [-0.2, -0.15) is 0 Å². The summed E-state index contributed by atoms with van der Waals surface area (Å²) in [6.07, 6.45) is 0. The molecule has 0 atom stereocenters. The fourth-order valence-corrected chi connectivity index (χ4v) is 3.65. The summed E-state index contributed by atoms with van der Waals surface area (Å²) < 4.78 is 53.8. The summed E-state index contributed by atoms with van der Waals surface area (Å²) >= 11 is 5.93. The van der Waals surface area contributed by atoms with Crippen LogP contribution in [-0.4, -0.2) is 14.2 Å². The summed E-state index contributed by atoms with van der Waals surface area (Å²) in [5, 5.41) is 0.197. The largest absolute Gasteiger partial charge is 0.289 e. The van der Waals surface area contributed by atoms with Crippen LogP contribution < -0.4 is 4.72 Å². The van der Waals surface area contributed by atoms with E-state index in [2.05, 4.69) is 4.72 Å². The highest BCUT2D eigenvalue weighted by Gasteiger charge is 2.21. The van der Waals surface area contributed by atoms with E-state index in [9.17, 15) is 22.0 Å². The highest BCUT2D eigenvalue weighted by atomic mass is 35.5. The Morgan fingerprint density at radius 1 is 0.889 bits per heavy atom. The van der Waals surface area contributed by atoms with Crippen molar-refractivity contribution < 1.29 is 22.0 Å². The Labute approximate surface area is 159 Å². The highest BCUT2D eigenvalue weighted by molar-refractivity contribution is 7.92. The maximum atomic E-state index is 13.4. The lowest BCUT2D eigenvalue weighted by Gasteiger charge is -2.13. The van der Waals surface area contributed by atoms with E-state index in [1.54, 1.807) is 30.3 Å². The fourth-order valence-electron chi connectivity index (χ4n) is 2.39. The van der Waals surface area contributed by atoms with Gasteiger partial charge in [0, 0.05) is 16.1 Å². The number of hydrogen-bond donors (Lipinski definition) is 1. The number of benzene rings is 3. The minimum atomic E-state index is -4.28. The molecule has 0 fully saturated rings. The maximum Gasteiger partial charge on any atom is 0.262 e. The molecule has 0 heterocycles. The Morgan fingerprint density at radius 3 is 2.26 bits per heavy atom. The number of halogens is 3. The van der Waals surface area contributed by atoms with Crippen molar-refractivity contribution in [2.24, 2.45) is 0 Å². The molecule has 0 radical (unpaired) electrons. The average molecular weight is 408 g/mol.